The molecule has 1 aromatic rings. The Bertz CT molecular complexity index is 292. The van der Waals surface area contributed by atoms with Crippen molar-refractivity contribution in [2.45, 2.75) is 26.3 Å². The van der Waals surface area contributed by atoms with E-state index in [1.807, 2.05) is 13.1 Å². The van der Waals surface area contributed by atoms with Gasteiger partial charge in [-0.2, -0.15) is 0 Å². The maximum Gasteiger partial charge on any atom is 0.119 e. The molecule has 0 heterocycles. The van der Waals surface area contributed by atoms with Crippen LogP contribution in [0.1, 0.15) is 30.5 Å². The third-order valence-electron chi connectivity index (χ3n) is 2.61. The summed E-state index contributed by atoms with van der Waals surface area (Å²) in [6.45, 7) is 4.31. The van der Waals surface area contributed by atoms with Gasteiger partial charge in [-0.15, -0.1) is 0 Å². The second-order valence-electron chi connectivity index (χ2n) is 3.47. The first-order chi connectivity index (χ1) is 6.72. The maximum absolute atomic E-state index is 5.18. The lowest BCUT2D eigenvalue weighted by Gasteiger charge is -2.17. The standard InChI is InChI=1S/C12H19NO/c1-5-12(13-3)11-7-6-10(14-4)8-9(11)2/h6-8,12-13H,5H2,1-4H3. The van der Waals surface area contributed by atoms with Gasteiger partial charge in [-0.25, -0.2) is 0 Å². The molecule has 0 amide bonds. The van der Waals surface area contributed by atoms with E-state index in [2.05, 4.69) is 31.3 Å². The number of ether oxygens (including phenoxy) is 1. The van der Waals surface area contributed by atoms with Crippen molar-refractivity contribution < 1.29 is 4.74 Å². The third-order valence-corrected chi connectivity index (χ3v) is 2.61. The molecule has 0 aliphatic rings. The first-order valence-electron chi connectivity index (χ1n) is 5.04. The van der Waals surface area contributed by atoms with Crippen LogP contribution in [-0.2, 0) is 0 Å². The van der Waals surface area contributed by atoms with Gasteiger partial charge in [0.2, 0.25) is 0 Å². The summed E-state index contributed by atoms with van der Waals surface area (Å²) in [6, 6.07) is 6.68. The highest BCUT2D eigenvalue weighted by Crippen LogP contribution is 2.23. The van der Waals surface area contributed by atoms with Crippen LogP contribution >= 0.6 is 0 Å². The van der Waals surface area contributed by atoms with E-state index in [4.69, 9.17) is 4.74 Å². The van der Waals surface area contributed by atoms with Crippen molar-refractivity contribution in [3.05, 3.63) is 29.3 Å². The highest BCUT2D eigenvalue weighted by molar-refractivity contribution is 5.36. The summed E-state index contributed by atoms with van der Waals surface area (Å²) in [7, 11) is 3.70. The number of hydrogen-bond acceptors (Lipinski definition) is 2. The normalized spacial score (nSPS) is 12.6. The molecule has 14 heavy (non-hydrogen) atoms. The SMILES string of the molecule is CCC(NC)c1ccc(OC)cc1C. The Morgan fingerprint density at radius 1 is 1.43 bits per heavy atom. The average Bonchev–Trinajstić information content (AvgIpc) is 2.22. The Morgan fingerprint density at radius 3 is 2.57 bits per heavy atom. The summed E-state index contributed by atoms with van der Waals surface area (Å²) in [4.78, 5) is 0. The topological polar surface area (TPSA) is 21.3 Å². The number of aryl methyl sites for hydroxylation is 1. The quantitative estimate of drug-likeness (QED) is 0.793. The molecular formula is C12H19NO. The van der Waals surface area contributed by atoms with Crippen molar-refractivity contribution in [2.75, 3.05) is 14.2 Å². The fourth-order valence-corrected chi connectivity index (χ4v) is 1.75. The molecule has 0 aromatic heterocycles. The Labute approximate surface area is 86.3 Å². The van der Waals surface area contributed by atoms with Crippen molar-refractivity contribution in [3.8, 4) is 5.75 Å². The van der Waals surface area contributed by atoms with Crippen molar-refractivity contribution in [1.82, 2.24) is 5.32 Å². The van der Waals surface area contributed by atoms with Crippen molar-refractivity contribution in [2.24, 2.45) is 0 Å². The molecule has 0 radical (unpaired) electrons. The average molecular weight is 193 g/mol. The van der Waals surface area contributed by atoms with Gasteiger partial charge < -0.3 is 10.1 Å². The largest absolute Gasteiger partial charge is 0.497 e. The summed E-state index contributed by atoms with van der Waals surface area (Å²) in [5, 5.41) is 3.31. The van der Waals surface area contributed by atoms with Gasteiger partial charge in [-0.1, -0.05) is 13.0 Å². The van der Waals surface area contributed by atoms with Crippen LogP contribution in [-0.4, -0.2) is 14.2 Å². The number of nitrogens with one attached hydrogen (secondary N) is 1. The fourth-order valence-electron chi connectivity index (χ4n) is 1.75. The smallest absolute Gasteiger partial charge is 0.119 e. The minimum Gasteiger partial charge on any atom is -0.497 e. The van der Waals surface area contributed by atoms with Crippen LogP contribution in [0.25, 0.3) is 0 Å². The number of rotatable bonds is 4. The summed E-state index contributed by atoms with van der Waals surface area (Å²) in [6.07, 6.45) is 1.10. The van der Waals surface area contributed by atoms with Crippen molar-refractivity contribution in [3.63, 3.8) is 0 Å². The zero-order valence-electron chi connectivity index (χ0n) is 9.42. The van der Waals surface area contributed by atoms with Crippen molar-refractivity contribution in [1.29, 1.82) is 0 Å². The molecule has 1 rings (SSSR count). The molecule has 0 saturated heterocycles. The van der Waals surface area contributed by atoms with Gasteiger partial charge in [0.1, 0.15) is 5.75 Å². The van der Waals surface area contributed by atoms with Crippen LogP contribution in [0.2, 0.25) is 0 Å². The lowest BCUT2D eigenvalue weighted by atomic mass is 9.99. The van der Waals surface area contributed by atoms with Gasteiger partial charge in [0, 0.05) is 6.04 Å². The van der Waals surface area contributed by atoms with E-state index >= 15 is 0 Å². The molecule has 0 bridgehead atoms. The van der Waals surface area contributed by atoms with Crippen LogP contribution in [0.5, 0.6) is 5.75 Å². The van der Waals surface area contributed by atoms with Crippen LogP contribution in [0.4, 0.5) is 0 Å². The summed E-state index contributed by atoms with van der Waals surface area (Å²) < 4.78 is 5.18. The molecule has 2 nitrogen and oxygen atoms in total. The Morgan fingerprint density at radius 2 is 2.14 bits per heavy atom. The number of benzene rings is 1. The van der Waals surface area contributed by atoms with E-state index in [0.29, 0.717) is 6.04 Å². The molecule has 0 aliphatic carbocycles. The summed E-state index contributed by atoms with van der Waals surface area (Å²) >= 11 is 0. The molecule has 0 saturated carbocycles. The van der Waals surface area contributed by atoms with Crippen LogP contribution in [0, 0.1) is 6.92 Å². The second-order valence-corrected chi connectivity index (χ2v) is 3.47. The Hall–Kier alpha value is -1.02. The predicted molar refractivity (Wildman–Crippen MR) is 59.8 cm³/mol. The number of hydrogen-bond donors (Lipinski definition) is 1. The van der Waals surface area contributed by atoms with E-state index in [1.54, 1.807) is 7.11 Å². The van der Waals surface area contributed by atoms with E-state index in [0.717, 1.165) is 12.2 Å². The number of methoxy groups -OCH3 is 1. The molecule has 1 N–H and O–H groups in total. The molecule has 2 heteroatoms. The predicted octanol–water partition coefficient (Wildman–Crippen LogP) is 2.67. The van der Waals surface area contributed by atoms with Gasteiger partial charge in [0.15, 0.2) is 0 Å². The maximum atomic E-state index is 5.18. The molecular weight excluding hydrogens is 174 g/mol. The second kappa shape index (κ2) is 5.01. The fraction of sp³-hybridized carbons (Fsp3) is 0.500. The van der Waals surface area contributed by atoms with E-state index in [1.165, 1.54) is 11.1 Å². The molecule has 1 unspecified atom stereocenters. The third kappa shape index (κ3) is 2.26. The van der Waals surface area contributed by atoms with Gasteiger partial charge in [-0.3, -0.25) is 0 Å². The van der Waals surface area contributed by atoms with Crippen molar-refractivity contribution >= 4 is 0 Å². The molecule has 1 atom stereocenters. The van der Waals surface area contributed by atoms with E-state index in [9.17, 15) is 0 Å². The molecule has 0 aliphatic heterocycles. The Balaban J connectivity index is 2.98. The minimum atomic E-state index is 0.445. The van der Waals surface area contributed by atoms with Gasteiger partial charge >= 0.3 is 0 Å². The first kappa shape index (κ1) is 11.1. The van der Waals surface area contributed by atoms with Crippen LogP contribution < -0.4 is 10.1 Å². The summed E-state index contributed by atoms with van der Waals surface area (Å²) in [5.74, 6) is 0.928. The lowest BCUT2D eigenvalue weighted by Crippen LogP contribution is -2.16. The lowest BCUT2D eigenvalue weighted by molar-refractivity contribution is 0.414. The minimum absolute atomic E-state index is 0.445. The molecule has 0 spiro atoms. The first-order valence-corrected chi connectivity index (χ1v) is 5.04. The van der Waals surface area contributed by atoms with Gasteiger partial charge in [0.05, 0.1) is 7.11 Å². The van der Waals surface area contributed by atoms with E-state index in [-0.39, 0.29) is 0 Å². The Kier molecular flexibility index (Phi) is 3.96. The molecule has 0 fully saturated rings. The summed E-state index contributed by atoms with van der Waals surface area (Å²) in [5.41, 5.74) is 2.64. The zero-order chi connectivity index (χ0) is 10.6. The van der Waals surface area contributed by atoms with E-state index < -0.39 is 0 Å². The molecule has 1 aromatic carbocycles. The monoisotopic (exact) mass is 193 g/mol. The van der Waals surface area contributed by atoms with Crippen LogP contribution in [0.15, 0.2) is 18.2 Å². The zero-order valence-corrected chi connectivity index (χ0v) is 9.42. The molecule has 78 valence electrons. The van der Waals surface area contributed by atoms with Gasteiger partial charge in [-0.05, 0) is 43.7 Å². The van der Waals surface area contributed by atoms with Crippen LogP contribution in [0.3, 0.4) is 0 Å². The highest BCUT2D eigenvalue weighted by Gasteiger charge is 2.09. The highest BCUT2D eigenvalue weighted by atomic mass is 16.5. The van der Waals surface area contributed by atoms with Gasteiger partial charge in [0.25, 0.3) is 0 Å².